The molecule has 28 heavy (non-hydrogen) atoms. The van der Waals surface area contributed by atoms with Crippen LogP contribution in [0.5, 0.6) is 0 Å². The first kappa shape index (κ1) is 21.1. The van der Waals surface area contributed by atoms with Gasteiger partial charge < -0.3 is 19.1 Å². The number of carbonyl (C=O) groups is 3. The average Bonchev–Trinajstić information content (AvgIpc) is 3.09. The Balaban J connectivity index is 2.00. The molecule has 0 aliphatic rings. The molecule has 0 bridgehead atoms. The fourth-order valence-corrected chi connectivity index (χ4v) is 2.68. The van der Waals surface area contributed by atoms with E-state index >= 15 is 0 Å². The molecule has 2 amide bonds. The molecule has 1 heterocycles. The maximum atomic E-state index is 12.5. The average molecular weight is 387 g/mol. The van der Waals surface area contributed by atoms with Crippen LogP contribution in [-0.4, -0.2) is 66.0 Å². The molecule has 8 heteroatoms. The Hall–Kier alpha value is -3.16. The van der Waals surface area contributed by atoms with Crippen LogP contribution in [0.2, 0.25) is 0 Å². The van der Waals surface area contributed by atoms with Gasteiger partial charge in [-0.3, -0.25) is 9.59 Å². The van der Waals surface area contributed by atoms with Gasteiger partial charge in [-0.1, -0.05) is 35.5 Å². The van der Waals surface area contributed by atoms with Gasteiger partial charge in [0.15, 0.2) is 6.61 Å². The molecule has 0 fully saturated rings. The fraction of sp³-hybridized carbons (Fsp3) is 0.400. The molecule has 0 N–H and O–H groups in total. The second-order valence-electron chi connectivity index (χ2n) is 6.22. The minimum Gasteiger partial charge on any atom is -0.452 e. The van der Waals surface area contributed by atoms with Crippen LogP contribution in [-0.2, 0) is 14.3 Å². The highest BCUT2D eigenvalue weighted by Crippen LogP contribution is 2.25. The predicted octanol–water partition coefficient (Wildman–Crippen LogP) is 2.13. The highest BCUT2D eigenvalue weighted by Gasteiger charge is 2.24. The summed E-state index contributed by atoms with van der Waals surface area (Å²) >= 11 is 0. The monoisotopic (exact) mass is 387 g/mol. The van der Waals surface area contributed by atoms with Gasteiger partial charge in [-0.25, -0.2) is 4.79 Å². The molecule has 0 spiro atoms. The van der Waals surface area contributed by atoms with Gasteiger partial charge in [-0.2, -0.15) is 0 Å². The van der Waals surface area contributed by atoms with E-state index in [9.17, 15) is 14.4 Å². The largest absolute Gasteiger partial charge is 0.452 e. The van der Waals surface area contributed by atoms with Crippen molar-refractivity contribution in [1.82, 2.24) is 15.0 Å². The summed E-state index contributed by atoms with van der Waals surface area (Å²) < 4.78 is 10.3. The first-order chi connectivity index (χ1) is 13.4. The zero-order valence-corrected chi connectivity index (χ0v) is 16.6. The van der Waals surface area contributed by atoms with Crippen molar-refractivity contribution in [3.63, 3.8) is 0 Å². The van der Waals surface area contributed by atoms with Crippen molar-refractivity contribution in [2.24, 2.45) is 0 Å². The molecule has 2 aromatic rings. The zero-order valence-electron chi connectivity index (χ0n) is 16.6. The Bertz CT molecular complexity index is 828. The number of likely N-dealkylation sites (N-methyl/N-ethyl adjacent to an activating group) is 2. The van der Waals surface area contributed by atoms with Crippen LogP contribution in [0.3, 0.4) is 0 Å². The van der Waals surface area contributed by atoms with Crippen LogP contribution in [0.15, 0.2) is 34.9 Å². The summed E-state index contributed by atoms with van der Waals surface area (Å²) in [7, 11) is 1.50. The molecule has 0 saturated carbocycles. The number of aryl methyl sites for hydroxylation is 1. The summed E-state index contributed by atoms with van der Waals surface area (Å²) in [6.07, 6.45) is 0. The van der Waals surface area contributed by atoms with Gasteiger partial charge >= 0.3 is 5.97 Å². The summed E-state index contributed by atoms with van der Waals surface area (Å²) in [6.45, 7) is 5.95. The third kappa shape index (κ3) is 4.97. The van der Waals surface area contributed by atoms with Crippen molar-refractivity contribution in [1.29, 1.82) is 0 Å². The Labute approximate surface area is 164 Å². The van der Waals surface area contributed by atoms with Crippen molar-refractivity contribution in [3.8, 4) is 11.3 Å². The minimum atomic E-state index is -0.700. The number of benzene rings is 1. The summed E-state index contributed by atoms with van der Waals surface area (Å²) in [4.78, 5) is 39.7. The topological polar surface area (TPSA) is 93.0 Å². The second kappa shape index (κ2) is 9.68. The number of hydrogen-bond acceptors (Lipinski definition) is 6. The number of aromatic nitrogens is 1. The van der Waals surface area contributed by atoms with E-state index in [4.69, 9.17) is 9.26 Å². The third-order valence-corrected chi connectivity index (χ3v) is 4.36. The van der Waals surface area contributed by atoms with Crippen LogP contribution in [0.1, 0.15) is 30.0 Å². The van der Waals surface area contributed by atoms with Crippen molar-refractivity contribution < 1.29 is 23.6 Å². The molecule has 0 atom stereocenters. The van der Waals surface area contributed by atoms with Gasteiger partial charge in [0.05, 0.1) is 6.54 Å². The molecule has 1 aromatic carbocycles. The van der Waals surface area contributed by atoms with Crippen LogP contribution >= 0.6 is 0 Å². The van der Waals surface area contributed by atoms with Crippen molar-refractivity contribution in [3.05, 3.63) is 41.7 Å². The molecule has 2 rings (SSSR count). The first-order valence-electron chi connectivity index (χ1n) is 9.09. The number of rotatable bonds is 8. The molecule has 150 valence electrons. The predicted molar refractivity (Wildman–Crippen MR) is 103 cm³/mol. The lowest BCUT2D eigenvalue weighted by Gasteiger charge is -2.23. The molecule has 0 radical (unpaired) electrons. The van der Waals surface area contributed by atoms with E-state index in [0.29, 0.717) is 30.1 Å². The van der Waals surface area contributed by atoms with E-state index in [1.807, 2.05) is 32.0 Å². The standard InChI is InChI=1S/C20H25N3O5/c1-5-23(6-2)16(24)12-22(4)17(25)13-27-20(26)18-14(3)28-21-19(18)15-10-8-7-9-11-15/h7-11H,5-6,12-13H2,1-4H3. The van der Waals surface area contributed by atoms with E-state index in [1.54, 1.807) is 24.0 Å². The number of carbonyl (C=O) groups excluding carboxylic acids is 3. The molecule has 0 saturated heterocycles. The SMILES string of the molecule is CCN(CC)C(=O)CN(C)C(=O)COC(=O)c1c(-c2ccccc2)noc1C. The number of amides is 2. The second-order valence-corrected chi connectivity index (χ2v) is 6.22. The summed E-state index contributed by atoms with van der Waals surface area (Å²) in [6, 6.07) is 9.08. The van der Waals surface area contributed by atoms with Gasteiger partial charge in [0.1, 0.15) is 17.0 Å². The van der Waals surface area contributed by atoms with Gasteiger partial charge in [0, 0.05) is 25.7 Å². The van der Waals surface area contributed by atoms with Gasteiger partial charge in [-0.05, 0) is 20.8 Å². The van der Waals surface area contributed by atoms with Crippen LogP contribution in [0.4, 0.5) is 0 Å². The van der Waals surface area contributed by atoms with E-state index in [-0.39, 0.29) is 18.0 Å². The molecular formula is C20H25N3O5. The van der Waals surface area contributed by atoms with E-state index in [2.05, 4.69) is 5.16 Å². The zero-order chi connectivity index (χ0) is 20.7. The van der Waals surface area contributed by atoms with Crippen LogP contribution in [0, 0.1) is 6.92 Å². The quantitative estimate of drug-likeness (QED) is 0.644. The molecule has 1 aromatic heterocycles. The Kier molecular flexibility index (Phi) is 7.31. The summed E-state index contributed by atoms with van der Waals surface area (Å²) in [5.74, 6) is -1.02. The molecule has 0 unspecified atom stereocenters. The lowest BCUT2D eigenvalue weighted by molar-refractivity contribution is -0.140. The molecular weight excluding hydrogens is 362 g/mol. The lowest BCUT2D eigenvalue weighted by atomic mass is 10.1. The Morgan fingerprint density at radius 3 is 2.32 bits per heavy atom. The molecule has 0 aliphatic heterocycles. The van der Waals surface area contributed by atoms with Crippen molar-refractivity contribution in [2.75, 3.05) is 33.3 Å². The lowest BCUT2D eigenvalue weighted by Crippen LogP contribution is -2.42. The van der Waals surface area contributed by atoms with E-state index < -0.39 is 18.5 Å². The van der Waals surface area contributed by atoms with Crippen LogP contribution in [0.25, 0.3) is 11.3 Å². The minimum absolute atomic E-state index is 0.0698. The maximum absolute atomic E-state index is 12.5. The molecule has 0 aliphatic carbocycles. The fourth-order valence-electron chi connectivity index (χ4n) is 2.68. The highest BCUT2D eigenvalue weighted by atomic mass is 16.5. The Morgan fingerprint density at radius 1 is 1.07 bits per heavy atom. The summed E-state index contributed by atoms with van der Waals surface area (Å²) in [5.41, 5.74) is 1.25. The smallest absolute Gasteiger partial charge is 0.344 e. The van der Waals surface area contributed by atoms with Crippen LogP contribution < -0.4 is 0 Å². The Morgan fingerprint density at radius 2 is 1.71 bits per heavy atom. The maximum Gasteiger partial charge on any atom is 0.344 e. The first-order valence-corrected chi connectivity index (χ1v) is 9.09. The normalized spacial score (nSPS) is 10.4. The van der Waals surface area contributed by atoms with Crippen molar-refractivity contribution in [2.45, 2.75) is 20.8 Å². The van der Waals surface area contributed by atoms with Gasteiger partial charge in [-0.15, -0.1) is 0 Å². The van der Waals surface area contributed by atoms with E-state index in [1.165, 1.54) is 11.9 Å². The third-order valence-electron chi connectivity index (χ3n) is 4.36. The van der Waals surface area contributed by atoms with Gasteiger partial charge in [0.25, 0.3) is 5.91 Å². The highest BCUT2D eigenvalue weighted by molar-refractivity contribution is 5.98. The summed E-state index contributed by atoms with van der Waals surface area (Å²) in [5, 5.41) is 3.93. The number of ether oxygens (including phenoxy) is 1. The van der Waals surface area contributed by atoms with Crippen molar-refractivity contribution >= 4 is 17.8 Å². The molecule has 8 nitrogen and oxygen atoms in total. The number of nitrogens with zero attached hydrogens (tertiary/aromatic N) is 3. The number of hydrogen-bond donors (Lipinski definition) is 0. The van der Waals surface area contributed by atoms with Gasteiger partial charge in [0.2, 0.25) is 5.91 Å². The number of esters is 1. The van der Waals surface area contributed by atoms with E-state index in [0.717, 1.165) is 0 Å².